The number of H-pyrrole nitrogens is 1. The maximum Gasteiger partial charge on any atom is 1.00 e. The first-order chi connectivity index (χ1) is 9.37. The molecule has 0 unspecified atom stereocenters. The number of nitrogens with zero attached hydrogens (tertiary/aromatic N) is 3. The Morgan fingerprint density at radius 2 is 2.05 bits per heavy atom. The second kappa shape index (κ2) is 9.50. The number of ether oxygens (including phenoxy) is 1. The predicted molar refractivity (Wildman–Crippen MR) is 62.1 cm³/mol. The van der Waals surface area contributed by atoms with E-state index in [0.717, 1.165) is 0 Å². The Hall–Kier alpha value is 0.220. The van der Waals surface area contributed by atoms with Crippen LogP contribution in [0, 0.1) is 0 Å². The molecule has 2 aromatic rings. The van der Waals surface area contributed by atoms with E-state index in [4.69, 9.17) is 10.5 Å². The Morgan fingerprint density at radius 1 is 1.36 bits per heavy atom. The van der Waals surface area contributed by atoms with E-state index in [1.54, 1.807) is 0 Å². The molecule has 2 aromatic heterocycles. The molecule has 0 aliphatic rings. The number of phosphoric ester groups is 1. The molecule has 110 valence electrons. The van der Waals surface area contributed by atoms with Gasteiger partial charge in [0.05, 0.1) is 27.4 Å². The average molecular weight is 349 g/mol. The third-order valence-corrected chi connectivity index (χ3v) is 2.70. The van der Waals surface area contributed by atoms with Crippen LogP contribution in [0.1, 0.15) is 0 Å². The molecule has 0 fully saturated rings. The fraction of sp³-hybridized carbons (Fsp3) is 0.375. The second-order valence-electron chi connectivity index (χ2n) is 3.66. The van der Waals surface area contributed by atoms with Crippen LogP contribution in [-0.2, 0) is 20.6 Å². The maximum atomic E-state index is 11.5. The molecule has 0 aliphatic carbocycles. The van der Waals surface area contributed by atoms with Crippen molar-refractivity contribution in [1.82, 2.24) is 19.5 Å². The molecule has 0 atom stereocenters. The number of hydrogen-bond donors (Lipinski definition) is 2. The summed E-state index contributed by atoms with van der Waals surface area (Å²) in [7, 11) is -4.99. The monoisotopic (exact) mass is 349 g/mol. The molecular formula is C8H10N5Na2O6P. The van der Waals surface area contributed by atoms with Gasteiger partial charge in [0.15, 0.2) is 11.2 Å². The minimum atomic E-state index is -4.99. The number of phosphoric acid groups is 1. The predicted octanol–water partition coefficient (Wildman–Crippen LogP) is -8.47. The van der Waals surface area contributed by atoms with Crippen LogP contribution in [0.4, 0.5) is 5.95 Å². The zero-order valence-electron chi connectivity index (χ0n) is 12.0. The summed E-state index contributed by atoms with van der Waals surface area (Å²) >= 11 is 0. The summed E-state index contributed by atoms with van der Waals surface area (Å²) in [5.41, 5.74) is 5.26. The Bertz CT molecular complexity index is 715. The molecule has 0 amide bonds. The molecule has 0 radical (unpaired) electrons. The van der Waals surface area contributed by atoms with Crippen molar-refractivity contribution in [2.24, 2.45) is 0 Å². The van der Waals surface area contributed by atoms with Gasteiger partial charge in [0.1, 0.15) is 6.73 Å². The second-order valence-corrected chi connectivity index (χ2v) is 4.81. The zero-order chi connectivity index (χ0) is 14.8. The summed E-state index contributed by atoms with van der Waals surface area (Å²) in [6.07, 6.45) is 1.32. The Balaban J connectivity index is 0.00000220. The molecule has 0 saturated carbocycles. The minimum absolute atomic E-state index is 0. The van der Waals surface area contributed by atoms with Gasteiger partial charge in [0.25, 0.3) is 5.56 Å². The van der Waals surface area contributed by atoms with Gasteiger partial charge in [-0.3, -0.25) is 14.3 Å². The van der Waals surface area contributed by atoms with Crippen LogP contribution in [0.25, 0.3) is 11.2 Å². The fourth-order valence-electron chi connectivity index (χ4n) is 1.44. The summed E-state index contributed by atoms with van der Waals surface area (Å²) in [6, 6.07) is 0. The first kappa shape index (κ1) is 22.2. The molecule has 0 aliphatic heterocycles. The van der Waals surface area contributed by atoms with Crippen LogP contribution in [0.5, 0.6) is 0 Å². The number of nitrogens with two attached hydrogens (primary N) is 1. The van der Waals surface area contributed by atoms with E-state index < -0.39 is 20.0 Å². The summed E-state index contributed by atoms with van der Waals surface area (Å²) < 4.78 is 20.6. The molecule has 0 bridgehead atoms. The third-order valence-electron chi connectivity index (χ3n) is 2.20. The number of nitrogens with one attached hydrogen (secondary N) is 1. The van der Waals surface area contributed by atoms with E-state index >= 15 is 0 Å². The third kappa shape index (κ3) is 6.38. The smallest absolute Gasteiger partial charge is 0.790 e. The van der Waals surface area contributed by atoms with Crippen molar-refractivity contribution in [2.45, 2.75) is 6.73 Å². The minimum Gasteiger partial charge on any atom is -0.790 e. The number of hydrogen-bond acceptors (Lipinski definition) is 9. The zero-order valence-corrected chi connectivity index (χ0v) is 16.9. The Labute approximate surface area is 168 Å². The molecule has 22 heavy (non-hydrogen) atoms. The molecule has 11 nitrogen and oxygen atoms in total. The van der Waals surface area contributed by atoms with Crippen LogP contribution in [0.3, 0.4) is 0 Å². The van der Waals surface area contributed by atoms with Crippen LogP contribution in [0.2, 0.25) is 0 Å². The molecule has 0 aromatic carbocycles. The van der Waals surface area contributed by atoms with Crippen molar-refractivity contribution in [1.29, 1.82) is 0 Å². The van der Waals surface area contributed by atoms with Gasteiger partial charge in [-0.05, 0) is 0 Å². The van der Waals surface area contributed by atoms with E-state index in [-0.39, 0.29) is 89.6 Å². The Kier molecular flexibility index (Phi) is 9.59. The van der Waals surface area contributed by atoms with Gasteiger partial charge in [-0.1, -0.05) is 0 Å². The quantitative estimate of drug-likeness (QED) is 0.292. The van der Waals surface area contributed by atoms with Crippen LogP contribution < -0.4 is 80.2 Å². The van der Waals surface area contributed by atoms with Crippen molar-refractivity contribution in [3.05, 3.63) is 16.7 Å². The van der Waals surface area contributed by atoms with Crippen molar-refractivity contribution in [2.75, 3.05) is 18.9 Å². The first-order valence-electron chi connectivity index (χ1n) is 5.32. The maximum absolute atomic E-state index is 11.5. The van der Waals surface area contributed by atoms with Gasteiger partial charge in [-0.2, -0.15) is 4.98 Å². The van der Waals surface area contributed by atoms with Gasteiger partial charge in [0.2, 0.25) is 5.95 Å². The van der Waals surface area contributed by atoms with Gasteiger partial charge < -0.3 is 29.3 Å². The molecule has 2 heterocycles. The topological polar surface area (TPSA) is 171 Å². The van der Waals surface area contributed by atoms with E-state index in [1.807, 2.05) is 0 Å². The van der Waals surface area contributed by atoms with E-state index in [9.17, 15) is 19.1 Å². The van der Waals surface area contributed by atoms with E-state index in [0.29, 0.717) is 0 Å². The van der Waals surface area contributed by atoms with Crippen molar-refractivity contribution in [3.8, 4) is 0 Å². The number of fused-ring (bicyclic) bond motifs is 1. The number of imidazole rings is 1. The average Bonchev–Trinajstić information content (AvgIpc) is 2.70. The first-order valence-corrected chi connectivity index (χ1v) is 6.78. The number of rotatable bonds is 6. The summed E-state index contributed by atoms with van der Waals surface area (Å²) in [5.74, 6) is -0.0637. The molecular weight excluding hydrogens is 339 g/mol. The largest absolute Gasteiger partial charge is 1.00 e. The number of nitrogen functional groups attached to an aromatic ring is 1. The van der Waals surface area contributed by atoms with Gasteiger partial charge in [0, 0.05) is 0 Å². The molecule has 3 N–H and O–H groups in total. The SMILES string of the molecule is Nc1nc2c(ncn2COCCOP(=O)([O-])[O-])c(=O)[nH]1.[Na+].[Na+]. The van der Waals surface area contributed by atoms with Crippen LogP contribution in [-0.4, -0.2) is 32.7 Å². The number of aromatic nitrogens is 4. The number of aromatic amines is 1. The fourth-order valence-corrected chi connectivity index (χ4v) is 1.73. The van der Waals surface area contributed by atoms with Gasteiger partial charge in [-0.15, -0.1) is 0 Å². The van der Waals surface area contributed by atoms with Crippen molar-refractivity contribution >= 4 is 24.9 Å². The van der Waals surface area contributed by atoms with Crippen LogP contribution in [0.15, 0.2) is 11.1 Å². The van der Waals surface area contributed by atoms with Crippen molar-refractivity contribution in [3.63, 3.8) is 0 Å². The summed E-state index contributed by atoms with van der Waals surface area (Å²) in [4.78, 5) is 41.9. The summed E-state index contributed by atoms with van der Waals surface area (Å²) in [6.45, 7) is -0.586. The van der Waals surface area contributed by atoms with Gasteiger partial charge in [-0.25, -0.2) is 4.98 Å². The standard InChI is InChI=1S/C8H12N5O6P.2Na/c9-8-11-6-5(7(14)12-8)10-3-13(6)4-18-1-2-19-20(15,16)17;;/h3H,1-2,4H2,(H2,15,16,17)(H3,9,11,12,14);;/q;2*+1/p-2. The summed E-state index contributed by atoms with van der Waals surface area (Å²) in [5, 5.41) is 0. The van der Waals surface area contributed by atoms with Crippen molar-refractivity contribution < 1.29 is 82.7 Å². The molecule has 14 heteroatoms. The van der Waals surface area contributed by atoms with E-state index in [2.05, 4.69) is 19.5 Å². The molecule has 0 spiro atoms. The molecule has 0 saturated heterocycles. The normalized spacial score (nSPS) is 11.0. The Morgan fingerprint density at radius 3 is 2.68 bits per heavy atom. The molecule has 2 rings (SSSR count). The van der Waals surface area contributed by atoms with Gasteiger partial charge >= 0.3 is 59.1 Å². The van der Waals surface area contributed by atoms with E-state index in [1.165, 1.54) is 10.9 Å². The van der Waals surface area contributed by atoms with Crippen LogP contribution >= 0.6 is 7.82 Å². The number of anilines is 1.